The first kappa shape index (κ1) is 21.8. The Kier molecular flexibility index (Phi) is 4.05. The summed E-state index contributed by atoms with van der Waals surface area (Å²) in [6.45, 7) is 2.44. The van der Waals surface area contributed by atoms with E-state index >= 15 is 0 Å². The molecule has 0 fully saturated rings. The molecule has 0 N–H and O–H groups in total. The molecule has 4 aliphatic heterocycles. The van der Waals surface area contributed by atoms with E-state index in [-0.39, 0.29) is 13.7 Å². The SMILES string of the molecule is Cc1ccc2c(c1)-c1ccccc1B1c3cccc4c3-c3c(cccc3N12)N1B4c2ccccc2-c2ccccc21. The van der Waals surface area contributed by atoms with Crippen LogP contribution in [0, 0.1) is 6.92 Å². The molecule has 4 heterocycles. The van der Waals surface area contributed by atoms with Gasteiger partial charge in [0.05, 0.1) is 0 Å². The second kappa shape index (κ2) is 7.62. The van der Waals surface area contributed by atoms with Crippen LogP contribution in [0.1, 0.15) is 5.56 Å². The molecule has 0 unspecified atom stereocenters. The second-order valence-corrected chi connectivity index (χ2v) is 11.7. The van der Waals surface area contributed by atoms with Crippen molar-refractivity contribution < 1.29 is 0 Å². The summed E-state index contributed by atoms with van der Waals surface area (Å²) < 4.78 is 0. The maximum atomic E-state index is 2.62. The van der Waals surface area contributed by atoms with Crippen molar-refractivity contribution >= 4 is 58.3 Å². The van der Waals surface area contributed by atoms with E-state index in [2.05, 4.69) is 144 Å². The number of benzene rings is 6. The van der Waals surface area contributed by atoms with Crippen LogP contribution in [0.5, 0.6) is 0 Å². The molecule has 6 aromatic carbocycles. The zero-order chi connectivity index (χ0) is 26.8. The molecular weight excluding hydrogens is 494 g/mol. The monoisotopic (exact) mass is 518 g/mol. The Balaban J connectivity index is 1.35. The van der Waals surface area contributed by atoms with Gasteiger partial charge in [0.25, 0.3) is 0 Å². The van der Waals surface area contributed by atoms with Gasteiger partial charge in [-0.15, -0.1) is 0 Å². The van der Waals surface area contributed by atoms with Crippen molar-refractivity contribution in [3.05, 3.63) is 133 Å². The molecule has 0 spiro atoms. The third-order valence-corrected chi connectivity index (χ3v) is 9.69. The van der Waals surface area contributed by atoms with Gasteiger partial charge in [-0.1, -0.05) is 103 Å². The predicted octanol–water partition coefficient (Wildman–Crippen LogP) is 6.14. The van der Waals surface area contributed by atoms with Crippen LogP contribution in [-0.2, 0) is 0 Å². The van der Waals surface area contributed by atoms with Crippen LogP contribution in [0.3, 0.4) is 0 Å². The van der Waals surface area contributed by atoms with Crippen LogP contribution >= 0.6 is 0 Å². The van der Waals surface area contributed by atoms with Crippen LogP contribution in [0.25, 0.3) is 33.4 Å². The standard InChI is InChI=1S/C37H24B2N2/c1-23-20-21-33-27(22-23)25-11-3-6-14-29(25)39-31-16-8-15-30-36(31)37-34(18-9-19-35(37)41(33)39)40-32-17-7-4-12-26(32)24-10-2-5-13-28(24)38(30)40/h2-22H,1H3. The summed E-state index contributed by atoms with van der Waals surface area (Å²) in [7, 11) is 0. The van der Waals surface area contributed by atoms with Crippen LogP contribution in [0.2, 0.25) is 0 Å². The van der Waals surface area contributed by atoms with Crippen LogP contribution in [0.15, 0.2) is 127 Å². The number of rotatable bonds is 0. The zero-order valence-corrected chi connectivity index (χ0v) is 22.7. The summed E-state index contributed by atoms with van der Waals surface area (Å²) in [5, 5.41) is 0. The average Bonchev–Trinajstić information content (AvgIpc) is 3.03. The van der Waals surface area contributed by atoms with Gasteiger partial charge in [-0.25, -0.2) is 0 Å². The first-order chi connectivity index (χ1) is 20.3. The molecule has 10 rings (SSSR count). The summed E-state index contributed by atoms with van der Waals surface area (Å²) in [5.74, 6) is 0. The topological polar surface area (TPSA) is 6.48 Å². The maximum absolute atomic E-state index is 2.62. The highest BCUT2D eigenvalue weighted by molar-refractivity contribution is 6.97. The molecule has 0 saturated carbocycles. The first-order valence-electron chi connectivity index (χ1n) is 14.5. The quantitative estimate of drug-likeness (QED) is 0.223. The van der Waals surface area contributed by atoms with E-state index in [9.17, 15) is 0 Å². The smallest absolute Gasteiger partial charge is 0.329 e. The number of hydrogen-bond acceptors (Lipinski definition) is 2. The fraction of sp³-hybridized carbons (Fsp3) is 0.0270. The van der Waals surface area contributed by atoms with Crippen LogP contribution in [0.4, 0.5) is 22.7 Å². The number of para-hydroxylation sites is 1. The summed E-state index contributed by atoms with van der Waals surface area (Å²) in [6, 6.07) is 47.9. The average molecular weight is 518 g/mol. The largest absolute Gasteiger partial charge is 0.376 e. The van der Waals surface area contributed by atoms with E-state index in [0.717, 1.165) is 0 Å². The molecule has 6 aromatic rings. The van der Waals surface area contributed by atoms with E-state index in [1.54, 1.807) is 0 Å². The fourth-order valence-electron chi connectivity index (χ4n) is 8.18. The summed E-state index contributed by atoms with van der Waals surface area (Å²) in [5.41, 5.74) is 20.1. The molecule has 4 heteroatoms. The van der Waals surface area contributed by atoms with Gasteiger partial charge in [0.1, 0.15) is 0 Å². The molecule has 0 aliphatic carbocycles. The lowest BCUT2D eigenvalue weighted by molar-refractivity contribution is 1.30. The zero-order valence-electron chi connectivity index (χ0n) is 22.7. The van der Waals surface area contributed by atoms with Crippen LogP contribution in [-0.4, -0.2) is 13.7 Å². The number of nitrogens with zero attached hydrogens (tertiary/aromatic N) is 2. The van der Waals surface area contributed by atoms with Gasteiger partial charge in [0.15, 0.2) is 0 Å². The molecule has 2 nitrogen and oxygen atoms in total. The third kappa shape index (κ3) is 2.61. The first-order valence-corrected chi connectivity index (χ1v) is 14.5. The van der Waals surface area contributed by atoms with Gasteiger partial charge < -0.3 is 9.62 Å². The molecule has 4 aliphatic rings. The van der Waals surface area contributed by atoms with Crippen molar-refractivity contribution in [1.29, 1.82) is 0 Å². The molecule has 0 bridgehead atoms. The number of aryl methyl sites for hydroxylation is 1. The van der Waals surface area contributed by atoms with Gasteiger partial charge in [0, 0.05) is 39.4 Å². The van der Waals surface area contributed by atoms with Crippen molar-refractivity contribution in [2.24, 2.45) is 0 Å². The Labute approximate surface area is 240 Å². The van der Waals surface area contributed by atoms with E-state index in [1.807, 2.05) is 0 Å². The highest BCUT2D eigenvalue weighted by Crippen LogP contribution is 2.53. The molecule has 188 valence electrons. The Morgan fingerprint density at radius 3 is 1.56 bits per heavy atom. The molecule has 41 heavy (non-hydrogen) atoms. The number of fused-ring (bicyclic) bond motifs is 16. The highest BCUT2D eigenvalue weighted by atomic mass is 15.1. The van der Waals surface area contributed by atoms with Crippen molar-refractivity contribution in [2.45, 2.75) is 6.92 Å². The highest BCUT2D eigenvalue weighted by Gasteiger charge is 2.49. The molecular formula is C37H24B2N2. The maximum Gasteiger partial charge on any atom is 0.329 e. The van der Waals surface area contributed by atoms with Crippen molar-refractivity contribution in [3.8, 4) is 33.4 Å². The third-order valence-electron chi connectivity index (χ3n) is 9.69. The van der Waals surface area contributed by atoms with Gasteiger partial charge in [-0.2, -0.15) is 0 Å². The van der Waals surface area contributed by atoms with Gasteiger partial charge in [0.2, 0.25) is 0 Å². The number of anilines is 4. The van der Waals surface area contributed by atoms with Crippen molar-refractivity contribution in [3.63, 3.8) is 0 Å². The molecule has 0 atom stereocenters. The summed E-state index contributed by atoms with van der Waals surface area (Å²) in [4.78, 5) is 5.23. The Hall–Kier alpha value is -4.95. The minimum atomic E-state index is 0.122. The van der Waals surface area contributed by atoms with E-state index in [4.69, 9.17) is 0 Å². The minimum absolute atomic E-state index is 0.122. The fourth-order valence-corrected chi connectivity index (χ4v) is 8.18. The molecule has 0 amide bonds. The van der Waals surface area contributed by atoms with E-state index in [1.165, 1.54) is 83.5 Å². The lowest BCUT2D eigenvalue weighted by atomic mass is 9.37. The summed E-state index contributed by atoms with van der Waals surface area (Å²) >= 11 is 0. The minimum Gasteiger partial charge on any atom is -0.376 e. The molecule has 0 radical (unpaired) electrons. The van der Waals surface area contributed by atoms with Crippen molar-refractivity contribution in [2.75, 3.05) is 9.62 Å². The second-order valence-electron chi connectivity index (χ2n) is 11.7. The van der Waals surface area contributed by atoms with Gasteiger partial charge >= 0.3 is 13.7 Å². The van der Waals surface area contributed by atoms with Crippen molar-refractivity contribution in [1.82, 2.24) is 0 Å². The van der Waals surface area contributed by atoms with Gasteiger partial charge in [-0.3, -0.25) is 0 Å². The number of hydrogen-bond donors (Lipinski definition) is 0. The Bertz CT molecular complexity index is 2120. The summed E-state index contributed by atoms with van der Waals surface area (Å²) in [6.07, 6.45) is 0. The lowest BCUT2D eigenvalue weighted by Gasteiger charge is -2.49. The molecule has 0 saturated heterocycles. The van der Waals surface area contributed by atoms with Crippen LogP contribution < -0.4 is 31.5 Å². The van der Waals surface area contributed by atoms with Gasteiger partial charge in [-0.05, 0) is 75.8 Å². The Morgan fingerprint density at radius 1 is 0.390 bits per heavy atom. The predicted molar refractivity (Wildman–Crippen MR) is 175 cm³/mol. The normalized spacial score (nSPS) is 14.3. The van der Waals surface area contributed by atoms with E-state index in [0.29, 0.717) is 0 Å². The Morgan fingerprint density at radius 2 is 0.878 bits per heavy atom. The lowest BCUT2D eigenvalue weighted by Crippen LogP contribution is -2.65. The molecule has 0 aromatic heterocycles. The van der Waals surface area contributed by atoms with E-state index < -0.39 is 0 Å².